The summed E-state index contributed by atoms with van der Waals surface area (Å²) >= 11 is 0. The van der Waals surface area contributed by atoms with Gasteiger partial charge in [-0.15, -0.1) is 0 Å². The van der Waals surface area contributed by atoms with E-state index in [0.29, 0.717) is 25.7 Å². The Balaban J connectivity index is 0.000000523. The van der Waals surface area contributed by atoms with Gasteiger partial charge in [0.1, 0.15) is 20.2 Å². The number of hydrogen-bond acceptors (Lipinski definition) is 6. The fourth-order valence-electron chi connectivity index (χ4n) is 3.39. The van der Waals surface area contributed by atoms with Gasteiger partial charge in [-0.25, -0.2) is 16.8 Å². The summed E-state index contributed by atoms with van der Waals surface area (Å²) in [5.74, 6) is 0. The standard InChI is InChI=1S/2C10H16O3S.Ba/c2*1-3-9-6-5-7-10(4-2,8-9)14(11,12)13;/h2*5-7H,3-4,8H2,1-2H3,(H,11,12,13);/q;;+2/p-2. The van der Waals surface area contributed by atoms with Crippen molar-refractivity contribution in [2.75, 3.05) is 0 Å². The van der Waals surface area contributed by atoms with Crippen molar-refractivity contribution in [1.82, 2.24) is 0 Å². The topological polar surface area (TPSA) is 114 Å². The molecule has 0 fully saturated rings. The molecule has 0 aliphatic heterocycles. The molecule has 2 unspecified atom stereocenters. The van der Waals surface area contributed by atoms with Gasteiger partial charge < -0.3 is 9.11 Å². The molecule has 0 spiro atoms. The molecule has 2 aliphatic rings. The van der Waals surface area contributed by atoms with E-state index in [1.807, 2.05) is 26.0 Å². The van der Waals surface area contributed by atoms with E-state index < -0.39 is 29.7 Å². The van der Waals surface area contributed by atoms with Crippen LogP contribution in [0.4, 0.5) is 0 Å². The van der Waals surface area contributed by atoms with E-state index in [1.165, 1.54) is 12.2 Å². The van der Waals surface area contributed by atoms with E-state index in [9.17, 15) is 25.9 Å². The SMILES string of the molecule is CCC1=CC=CC(CC)(S(=O)(=O)[O-])C1.CCC1=CC=CC(CC)(S(=O)(=O)[O-])C1.[Ba+2]. The zero-order valence-corrected chi connectivity index (χ0v) is 23.8. The van der Waals surface area contributed by atoms with Gasteiger partial charge in [0, 0.05) is 0 Å². The van der Waals surface area contributed by atoms with Gasteiger partial charge in [-0.3, -0.25) is 0 Å². The predicted octanol–water partition coefficient (Wildman–Crippen LogP) is 3.57. The summed E-state index contributed by atoms with van der Waals surface area (Å²) in [5, 5.41) is 0. The largest absolute Gasteiger partial charge is 2.00 e. The van der Waals surface area contributed by atoms with Crippen molar-refractivity contribution in [3.63, 3.8) is 0 Å². The first-order chi connectivity index (χ1) is 12.9. The Hall–Kier alpha value is 0.351. The molecule has 0 aromatic heterocycles. The van der Waals surface area contributed by atoms with Crippen LogP contribution in [0.25, 0.3) is 0 Å². The van der Waals surface area contributed by atoms with Gasteiger partial charge in [-0.2, -0.15) is 0 Å². The van der Waals surface area contributed by atoms with Gasteiger partial charge in [0.15, 0.2) is 0 Å². The maximum absolute atomic E-state index is 11.2. The molecule has 9 heteroatoms. The van der Waals surface area contributed by atoms with E-state index in [0.717, 1.165) is 24.0 Å². The maximum Gasteiger partial charge on any atom is 2.00 e. The monoisotopic (exact) mass is 568 g/mol. The van der Waals surface area contributed by atoms with Crippen LogP contribution in [0.5, 0.6) is 0 Å². The average Bonchev–Trinajstić information content (AvgIpc) is 2.66. The Labute approximate surface area is 216 Å². The molecule has 160 valence electrons. The normalized spacial score (nSPS) is 26.6. The van der Waals surface area contributed by atoms with Crippen LogP contribution in [0.15, 0.2) is 47.6 Å². The van der Waals surface area contributed by atoms with Crippen molar-refractivity contribution in [3.05, 3.63) is 47.6 Å². The molecule has 0 radical (unpaired) electrons. The van der Waals surface area contributed by atoms with Crippen molar-refractivity contribution in [2.24, 2.45) is 0 Å². The Kier molecular flexibility index (Phi) is 12.0. The van der Waals surface area contributed by atoms with Gasteiger partial charge in [0.2, 0.25) is 0 Å². The smallest absolute Gasteiger partial charge is 0.747 e. The van der Waals surface area contributed by atoms with Crippen molar-refractivity contribution >= 4 is 69.1 Å². The number of hydrogen-bond donors (Lipinski definition) is 0. The van der Waals surface area contributed by atoms with Gasteiger partial charge >= 0.3 is 48.9 Å². The summed E-state index contributed by atoms with van der Waals surface area (Å²) in [6.07, 6.45) is 13.1. The molecular weight excluding hydrogens is 538 g/mol. The molecule has 2 aliphatic carbocycles. The van der Waals surface area contributed by atoms with Crippen LogP contribution in [-0.4, -0.2) is 84.3 Å². The molecule has 29 heavy (non-hydrogen) atoms. The molecule has 0 N–H and O–H groups in total. The van der Waals surface area contributed by atoms with Crippen molar-refractivity contribution in [2.45, 2.75) is 75.7 Å². The second-order valence-electron chi connectivity index (χ2n) is 7.17. The minimum atomic E-state index is -4.26. The fourth-order valence-corrected chi connectivity index (χ4v) is 5.31. The Morgan fingerprint density at radius 3 is 1.28 bits per heavy atom. The zero-order chi connectivity index (χ0) is 21.6. The molecule has 0 saturated carbocycles. The van der Waals surface area contributed by atoms with Crippen LogP contribution in [0.2, 0.25) is 0 Å². The van der Waals surface area contributed by atoms with Crippen LogP contribution in [0, 0.1) is 0 Å². The van der Waals surface area contributed by atoms with E-state index >= 15 is 0 Å². The zero-order valence-electron chi connectivity index (χ0n) is 17.7. The number of rotatable bonds is 6. The molecule has 0 saturated heterocycles. The van der Waals surface area contributed by atoms with Crippen LogP contribution < -0.4 is 0 Å². The molecule has 0 aromatic carbocycles. The van der Waals surface area contributed by atoms with Gasteiger partial charge in [0.05, 0.1) is 9.49 Å². The summed E-state index contributed by atoms with van der Waals surface area (Å²) < 4.78 is 64.6. The molecule has 2 atom stereocenters. The van der Waals surface area contributed by atoms with Crippen LogP contribution in [-0.2, 0) is 20.2 Å². The first kappa shape index (κ1) is 29.4. The number of allylic oxidation sites excluding steroid dienone is 6. The Morgan fingerprint density at radius 1 is 0.759 bits per heavy atom. The third-order valence-electron chi connectivity index (χ3n) is 5.62. The Bertz CT molecular complexity index is 810. The van der Waals surface area contributed by atoms with Crippen LogP contribution in [0.1, 0.15) is 66.2 Å². The van der Waals surface area contributed by atoms with Crippen molar-refractivity contribution in [3.8, 4) is 0 Å². The molecule has 6 nitrogen and oxygen atoms in total. The second kappa shape index (κ2) is 11.8. The minimum Gasteiger partial charge on any atom is -0.747 e. The van der Waals surface area contributed by atoms with Gasteiger partial charge in [-0.05, 0) is 38.5 Å². The first-order valence-electron chi connectivity index (χ1n) is 9.55. The van der Waals surface area contributed by atoms with Crippen molar-refractivity contribution < 1.29 is 25.9 Å². The fraction of sp³-hybridized carbons (Fsp3) is 0.600. The predicted molar refractivity (Wildman–Crippen MR) is 115 cm³/mol. The van der Waals surface area contributed by atoms with Crippen LogP contribution >= 0.6 is 0 Å². The minimum absolute atomic E-state index is 0. The average molecular weight is 568 g/mol. The molecule has 0 bridgehead atoms. The van der Waals surface area contributed by atoms with Crippen LogP contribution in [0.3, 0.4) is 0 Å². The summed E-state index contributed by atoms with van der Waals surface area (Å²) in [4.78, 5) is 0. The van der Waals surface area contributed by atoms with Gasteiger partial charge in [0.25, 0.3) is 0 Å². The third-order valence-corrected chi connectivity index (χ3v) is 8.75. The van der Waals surface area contributed by atoms with E-state index in [-0.39, 0.29) is 48.9 Å². The molecule has 2 rings (SSSR count). The van der Waals surface area contributed by atoms with E-state index in [2.05, 4.69) is 0 Å². The summed E-state index contributed by atoms with van der Waals surface area (Å²) in [6, 6.07) is 0. The Morgan fingerprint density at radius 2 is 1.07 bits per heavy atom. The summed E-state index contributed by atoms with van der Waals surface area (Å²) in [5.41, 5.74) is 2.04. The first-order valence-corrected chi connectivity index (χ1v) is 12.4. The van der Waals surface area contributed by atoms with E-state index in [4.69, 9.17) is 0 Å². The van der Waals surface area contributed by atoms with E-state index in [1.54, 1.807) is 26.0 Å². The quantitative estimate of drug-likeness (QED) is 0.358. The molecule has 0 heterocycles. The summed E-state index contributed by atoms with van der Waals surface area (Å²) in [6.45, 7) is 7.39. The third kappa shape index (κ3) is 7.18. The maximum atomic E-state index is 11.2. The summed E-state index contributed by atoms with van der Waals surface area (Å²) in [7, 11) is -8.52. The van der Waals surface area contributed by atoms with Crippen molar-refractivity contribution in [1.29, 1.82) is 0 Å². The molecule has 0 amide bonds. The molecular formula is C20H30BaO6S2. The second-order valence-corrected chi connectivity index (χ2v) is 10.6. The molecule has 0 aromatic rings. The van der Waals surface area contributed by atoms with Gasteiger partial charge in [-0.1, -0.05) is 75.3 Å².